The molecule has 1 aromatic carbocycles. The van der Waals surface area contributed by atoms with Crippen molar-refractivity contribution < 1.29 is 13.9 Å². The minimum Gasteiger partial charge on any atom is -0.463 e. The highest BCUT2D eigenvalue weighted by molar-refractivity contribution is 6.31. The van der Waals surface area contributed by atoms with Gasteiger partial charge in [0.1, 0.15) is 5.76 Å². The van der Waals surface area contributed by atoms with Crippen LogP contribution in [0.2, 0.25) is 5.02 Å². The molecule has 0 bridgehead atoms. The predicted molar refractivity (Wildman–Crippen MR) is 72.1 cm³/mol. The van der Waals surface area contributed by atoms with Crippen LogP contribution in [0.1, 0.15) is 27.9 Å². The van der Waals surface area contributed by atoms with Crippen molar-refractivity contribution >= 4 is 17.6 Å². The van der Waals surface area contributed by atoms with E-state index in [4.69, 9.17) is 21.8 Å². The first-order chi connectivity index (χ1) is 9.11. The largest absolute Gasteiger partial charge is 0.463 e. The Balaban J connectivity index is 2.12. The molecule has 1 unspecified atom stereocenters. The monoisotopic (exact) mass is 279 g/mol. The van der Waals surface area contributed by atoms with Gasteiger partial charge in [0.2, 0.25) is 5.76 Å². The topological polar surface area (TPSA) is 65.5 Å². The summed E-state index contributed by atoms with van der Waals surface area (Å²) in [4.78, 5) is 11.3. The first-order valence-electron chi connectivity index (χ1n) is 5.79. The van der Waals surface area contributed by atoms with Crippen molar-refractivity contribution in [1.29, 1.82) is 0 Å². The van der Waals surface area contributed by atoms with E-state index in [-0.39, 0.29) is 11.8 Å². The summed E-state index contributed by atoms with van der Waals surface area (Å²) in [7, 11) is 1.30. The number of methoxy groups -OCH3 is 1. The van der Waals surface area contributed by atoms with Crippen molar-refractivity contribution in [2.45, 2.75) is 12.5 Å². The Morgan fingerprint density at radius 3 is 2.79 bits per heavy atom. The third-order valence-corrected chi connectivity index (χ3v) is 3.15. The smallest absolute Gasteiger partial charge is 0.373 e. The molecule has 2 aromatic rings. The molecule has 1 atom stereocenters. The van der Waals surface area contributed by atoms with E-state index in [1.165, 1.54) is 7.11 Å². The van der Waals surface area contributed by atoms with Crippen molar-refractivity contribution in [3.05, 3.63) is 58.5 Å². The summed E-state index contributed by atoms with van der Waals surface area (Å²) in [6, 6.07) is 10.3. The Kier molecular flexibility index (Phi) is 4.24. The summed E-state index contributed by atoms with van der Waals surface area (Å²) in [6.45, 7) is 0. The van der Waals surface area contributed by atoms with Gasteiger partial charge in [-0.3, -0.25) is 0 Å². The molecule has 0 radical (unpaired) electrons. The van der Waals surface area contributed by atoms with E-state index < -0.39 is 5.97 Å². The third-order valence-electron chi connectivity index (χ3n) is 2.78. The predicted octanol–water partition coefficient (Wildman–Crippen LogP) is 2.96. The van der Waals surface area contributed by atoms with E-state index >= 15 is 0 Å². The highest BCUT2D eigenvalue weighted by Crippen LogP contribution is 2.23. The SMILES string of the molecule is COC(=O)c1ccc(C(N)Cc2ccccc2Cl)o1. The molecule has 0 aliphatic rings. The zero-order chi connectivity index (χ0) is 13.8. The number of halogens is 1. The van der Waals surface area contributed by atoms with Gasteiger partial charge in [0, 0.05) is 5.02 Å². The Morgan fingerprint density at radius 1 is 1.37 bits per heavy atom. The molecule has 1 heterocycles. The number of benzene rings is 1. The lowest BCUT2D eigenvalue weighted by Crippen LogP contribution is -2.12. The van der Waals surface area contributed by atoms with E-state index in [0.29, 0.717) is 17.2 Å². The van der Waals surface area contributed by atoms with E-state index in [1.807, 2.05) is 24.3 Å². The van der Waals surface area contributed by atoms with E-state index in [0.717, 1.165) is 5.56 Å². The van der Waals surface area contributed by atoms with Gasteiger partial charge in [0.05, 0.1) is 13.2 Å². The van der Waals surface area contributed by atoms with Crippen LogP contribution >= 0.6 is 11.6 Å². The number of carbonyl (C=O) groups is 1. The summed E-state index contributed by atoms with van der Waals surface area (Å²) in [5.74, 6) is 0.156. The molecule has 5 heteroatoms. The molecule has 100 valence electrons. The van der Waals surface area contributed by atoms with Gasteiger partial charge >= 0.3 is 5.97 Å². The van der Waals surface area contributed by atoms with Crippen LogP contribution in [0, 0.1) is 0 Å². The highest BCUT2D eigenvalue weighted by atomic mass is 35.5. The summed E-state index contributed by atoms with van der Waals surface area (Å²) in [5, 5.41) is 0.665. The van der Waals surface area contributed by atoms with Crippen LogP contribution in [0.25, 0.3) is 0 Å². The van der Waals surface area contributed by atoms with Gasteiger partial charge in [-0.2, -0.15) is 0 Å². The maximum Gasteiger partial charge on any atom is 0.373 e. The average Bonchev–Trinajstić information content (AvgIpc) is 2.90. The second-order valence-corrected chi connectivity index (χ2v) is 4.50. The maximum absolute atomic E-state index is 11.3. The first kappa shape index (κ1) is 13.6. The number of carbonyl (C=O) groups excluding carboxylic acids is 1. The normalized spacial score (nSPS) is 12.2. The molecule has 0 aliphatic carbocycles. The molecule has 0 amide bonds. The molecule has 1 aromatic heterocycles. The second kappa shape index (κ2) is 5.91. The first-order valence-corrected chi connectivity index (χ1v) is 6.16. The zero-order valence-electron chi connectivity index (χ0n) is 10.4. The van der Waals surface area contributed by atoms with Crippen LogP contribution in [-0.4, -0.2) is 13.1 Å². The van der Waals surface area contributed by atoms with Crippen molar-refractivity contribution in [2.75, 3.05) is 7.11 Å². The van der Waals surface area contributed by atoms with Crippen molar-refractivity contribution in [3.63, 3.8) is 0 Å². The van der Waals surface area contributed by atoms with Gasteiger partial charge in [-0.05, 0) is 30.2 Å². The molecule has 0 spiro atoms. The lowest BCUT2D eigenvalue weighted by atomic mass is 10.0. The minimum absolute atomic E-state index is 0.145. The van der Waals surface area contributed by atoms with Gasteiger partial charge in [0.15, 0.2) is 0 Å². The fourth-order valence-electron chi connectivity index (χ4n) is 1.76. The standard InChI is InChI=1S/C14H14ClNO3/c1-18-14(17)13-7-6-12(19-13)11(16)8-9-4-2-3-5-10(9)15/h2-7,11H,8,16H2,1H3. The number of hydrogen-bond donors (Lipinski definition) is 1. The Morgan fingerprint density at radius 2 is 2.11 bits per heavy atom. The summed E-state index contributed by atoms with van der Waals surface area (Å²) < 4.78 is 9.94. The fourth-order valence-corrected chi connectivity index (χ4v) is 1.98. The van der Waals surface area contributed by atoms with Crippen LogP contribution in [0.4, 0.5) is 0 Å². The summed E-state index contributed by atoms with van der Waals surface area (Å²) >= 11 is 6.07. The number of ether oxygens (including phenoxy) is 1. The Hall–Kier alpha value is -1.78. The molecule has 19 heavy (non-hydrogen) atoms. The fraction of sp³-hybridized carbons (Fsp3) is 0.214. The van der Waals surface area contributed by atoms with Crippen LogP contribution in [-0.2, 0) is 11.2 Å². The van der Waals surface area contributed by atoms with Crippen molar-refractivity contribution in [1.82, 2.24) is 0 Å². The number of rotatable bonds is 4. The molecule has 2 rings (SSSR count). The molecule has 2 N–H and O–H groups in total. The number of esters is 1. The maximum atomic E-state index is 11.3. The van der Waals surface area contributed by atoms with Gasteiger partial charge in [-0.15, -0.1) is 0 Å². The van der Waals surface area contributed by atoms with E-state index in [9.17, 15) is 4.79 Å². The molecule has 0 saturated heterocycles. The summed E-state index contributed by atoms with van der Waals surface area (Å²) in [6.07, 6.45) is 0.536. The molecular formula is C14H14ClNO3. The second-order valence-electron chi connectivity index (χ2n) is 4.10. The van der Waals surface area contributed by atoms with Gasteiger partial charge in [-0.1, -0.05) is 29.8 Å². The molecule has 0 saturated carbocycles. The van der Waals surface area contributed by atoms with Crippen LogP contribution in [0.3, 0.4) is 0 Å². The molecule has 0 aliphatic heterocycles. The minimum atomic E-state index is -0.517. The third kappa shape index (κ3) is 3.16. The van der Waals surface area contributed by atoms with Crippen LogP contribution in [0.5, 0.6) is 0 Å². The molecule has 0 fully saturated rings. The van der Waals surface area contributed by atoms with Crippen LogP contribution < -0.4 is 5.73 Å². The van der Waals surface area contributed by atoms with Gasteiger partial charge in [-0.25, -0.2) is 4.79 Å². The van der Waals surface area contributed by atoms with Gasteiger partial charge in [0.25, 0.3) is 0 Å². The van der Waals surface area contributed by atoms with Crippen molar-refractivity contribution in [3.8, 4) is 0 Å². The molecular weight excluding hydrogens is 266 g/mol. The van der Waals surface area contributed by atoms with E-state index in [1.54, 1.807) is 12.1 Å². The summed E-state index contributed by atoms with van der Waals surface area (Å²) in [5.41, 5.74) is 6.98. The average molecular weight is 280 g/mol. The quantitative estimate of drug-likeness (QED) is 0.874. The molecule has 4 nitrogen and oxygen atoms in total. The number of nitrogens with two attached hydrogens (primary N) is 1. The highest BCUT2D eigenvalue weighted by Gasteiger charge is 2.16. The van der Waals surface area contributed by atoms with E-state index in [2.05, 4.69) is 4.74 Å². The van der Waals surface area contributed by atoms with Crippen molar-refractivity contribution in [2.24, 2.45) is 5.73 Å². The lowest BCUT2D eigenvalue weighted by Gasteiger charge is -2.10. The van der Waals surface area contributed by atoms with Crippen LogP contribution in [0.15, 0.2) is 40.8 Å². The van der Waals surface area contributed by atoms with Gasteiger partial charge < -0.3 is 14.9 Å². The zero-order valence-corrected chi connectivity index (χ0v) is 11.2. The number of hydrogen-bond acceptors (Lipinski definition) is 4. The number of furan rings is 1. The Labute approximate surface area is 116 Å². The Bertz CT molecular complexity index is 580. The lowest BCUT2D eigenvalue weighted by molar-refractivity contribution is 0.0562.